The van der Waals surface area contributed by atoms with Crippen molar-refractivity contribution in [3.8, 4) is 23.1 Å². The van der Waals surface area contributed by atoms with Gasteiger partial charge in [0, 0.05) is 18.7 Å². The Morgan fingerprint density at radius 3 is 2.47 bits per heavy atom. The highest BCUT2D eigenvalue weighted by Gasteiger charge is 2.19. The fourth-order valence-electron chi connectivity index (χ4n) is 3.55. The average Bonchev–Trinajstić information content (AvgIpc) is 2.84. The van der Waals surface area contributed by atoms with Crippen LogP contribution in [0.15, 0.2) is 77.7 Å². The molecule has 0 aliphatic carbocycles. The molecule has 0 saturated heterocycles. The van der Waals surface area contributed by atoms with E-state index in [2.05, 4.69) is 0 Å². The molecule has 34 heavy (non-hydrogen) atoms. The number of nitriles is 1. The second-order valence-electron chi connectivity index (χ2n) is 7.48. The quantitative estimate of drug-likeness (QED) is 0.341. The number of nitrogens with zero attached hydrogens (tertiary/aromatic N) is 2. The number of aliphatic hydroxyl groups excluding tert-OH is 1. The van der Waals surface area contributed by atoms with Gasteiger partial charge in [-0.05, 0) is 34.9 Å². The van der Waals surface area contributed by atoms with Crippen LogP contribution in [0.2, 0.25) is 0 Å². The van der Waals surface area contributed by atoms with Gasteiger partial charge in [0.25, 0.3) is 10.0 Å². The number of rotatable bonds is 10. The van der Waals surface area contributed by atoms with Gasteiger partial charge in [-0.15, -0.1) is 0 Å². The summed E-state index contributed by atoms with van der Waals surface area (Å²) in [5.74, 6) is 0.534. The van der Waals surface area contributed by atoms with Gasteiger partial charge in [0.1, 0.15) is 5.75 Å². The second-order valence-corrected chi connectivity index (χ2v) is 9.13. The number of hydrogen-bond donors (Lipinski definition) is 2. The molecule has 9 heteroatoms. The zero-order valence-electron chi connectivity index (χ0n) is 18.6. The monoisotopic (exact) mass is 479 g/mol. The Balaban J connectivity index is 1.79. The van der Waals surface area contributed by atoms with Crippen LogP contribution in [-0.2, 0) is 27.8 Å². The number of hydrogen-bond acceptors (Lipinski definition) is 6. The summed E-state index contributed by atoms with van der Waals surface area (Å²) >= 11 is 0. The Morgan fingerprint density at radius 2 is 1.79 bits per heavy atom. The molecular formula is C25H25N3O5S. The van der Waals surface area contributed by atoms with Crippen molar-refractivity contribution in [3.05, 3.63) is 83.9 Å². The maximum atomic E-state index is 12.9. The number of benzene rings is 3. The van der Waals surface area contributed by atoms with Gasteiger partial charge in [-0.3, -0.25) is 4.79 Å². The van der Waals surface area contributed by atoms with Crippen LogP contribution in [0.4, 0.5) is 0 Å². The molecule has 0 spiro atoms. The highest BCUT2D eigenvalue weighted by molar-refractivity contribution is 7.89. The number of carbonyl (C=O) groups excluding carboxylic acids is 1. The zero-order chi connectivity index (χ0) is 24.6. The van der Waals surface area contributed by atoms with Gasteiger partial charge in [0.2, 0.25) is 5.91 Å². The summed E-state index contributed by atoms with van der Waals surface area (Å²) in [7, 11) is -2.41. The second kappa shape index (κ2) is 11.3. The number of methoxy groups -OCH3 is 1. The van der Waals surface area contributed by atoms with Crippen LogP contribution in [0.3, 0.4) is 0 Å². The first-order chi connectivity index (χ1) is 16.4. The standard InChI is InChI=1S/C25H25N3O5S/c1-33-22-6-4-5-20(15-22)16-25(30)28(13-14-29)17-19-9-11-21(12-10-19)23-7-2-3-8-24(23)34(31,32)27-18-26/h2-12,15,27,29H,13-14,16-17H2,1H3. The van der Waals surface area contributed by atoms with Crippen molar-refractivity contribution < 1.29 is 23.1 Å². The maximum Gasteiger partial charge on any atom is 0.270 e. The van der Waals surface area contributed by atoms with Gasteiger partial charge in [-0.2, -0.15) is 5.26 Å². The molecule has 3 aromatic rings. The Bertz CT molecular complexity index is 1280. The summed E-state index contributed by atoms with van der Waals surface area (Å²) in [5.41, 5.74) is 2.75. The molecule has 8 nitrogen and oxygen atoms in total. The van der Waals surface area contributed by atoms with Crippen molar-refractivity contribution in [2.45, 2.75) is 17.9 Å². The maximum absolute atomic E-state index is 12.9. The van der Waals surface area contributed by atoms with Gasteiger partial charge in [-0.1, -0.05) is 54.6 Å². The van der Waals surface area contributed by atoms with Crippen molar-refractivity contribution in [2.24, 2.45) is 0 Å². The molecule has 1 amide bonds. The van der Waals surface area contributed by atoms with E-state index in [1.165, 1.54) is 12.3 Å². The van der Waals surface area contributed by atoms with E-state index in [4.69, 9.17) is 10.00 Å². The first kappa shape index (κ1) is 24.8. The molecule has 3 aromatic carbocycles. The lowest BCUT2D eigenvalue weighted by Crippen LogP contribution is -2.34. The highest BCUT2D eigenvalue weighted by atomic mass is 32.2. The summed E-state index contributed by atoms with van der Waals surface area (Å²) in [4.78, 5) is 14.5. The van der Waals surface area contributed by atoms with Gasteiger partial charge in [0.05, 0.1) is 25.0 Å². The number of ether oxygens (including phenoxy) is 1. The molecular weight excluding hydrogens is 454 g/mol. The number of sulfonamides is 1. The van der Waals surface area contributed by atoms with E-state index in [0.717, 1.165) is 11.1 Å². The van der Waals surface area contributed by atoms with E-state index in [1.54, 1.807) is 66.6 Å². The first-order valence-electron chi connectivity index (χ1n) is 10.5. The van der Waals surface area contributed by atoms with Crippen LogP contribution < -0.4 is 9.46 Å². The Labute approximate surface area is 199 Å². The minimum absolute atomic E-state index is 0.000302. The molecule has 0 radical (unpaired) electrons. The zero-order valence-corrected chi connectivity index (χ0v) is 19.5. The third-order valence-corrected chi connectivity index (χ3v) is 6.50. The van der Waals surface area contributed by atoms with Crippen LogP contribution in [-0.4, -0.2) is 44.6 Å². The van der Waals surface area contributed by atoms with Gasteiger partial charge in [-0.25, -0.2) is 13.1 Å². The van der Waals surface area contributed by atoms with E-state index in [1.807, 2.05) is 16.9 Å². The molecule has 0 aliphatic heterocycles. The lowest BCUT2D eigenvalue weighted by molar-refractivity contribution is -0.131. The van der Waals surface area contributed by atoms with Crippen LogP contribution in [0, 0.1) is 11.5 Å². The van der Waals surface area contributed by atoms with Crippen LogP contribution in [0.5, 0.6) is 5.75 Å². The molecule has 2 N–H and O–H groups in total. The summed E-state index contributed by atoms with van der Waals surface area (Å²) in [6.07, 6.45) is 1.63. The Kier molecular flexibility index (Phi) is 8.24. The molecule has 0 aliphatic rings. The number of aliphatic hydroxyl groups is 1. The molecule has 176 valence electrons. The lowest BCUT2D eigenvalue weighted by Gasteiger charge is -2.22. The third-order valence-electron chi connectivity index (χ3n) is 5.21. The highest BCUT2D eigenvalue weighted by Crippen LogP contribution is 2.27. The SMILES string of the molecule is COc1cccc(CC(=O)N(CCO)Cc2ccc(-c3ccccc3S(=O)(=O)NC#N)cc2)c1. The summed E-state index contributed by atoms with van der Waals surface area (Å²) in [6.45, 7) is 0.310. The van der Waals surface area contributed by atoms with E-state index in [9.17, 15) is 18.3 Å². The van der Waals surface area contributed by atoms with E-state index >= 15 is 0 Å². The van der Waals surface area contributed by atoms with Crippen molar-refractivity contribution >= 4 is 15.9 Å². The smallest absolute Gasteiger partial charge is 0.270 e. The van der Waals surface area contributed by atoms with Crippen molar-refractivity contribution in [1.82, 2.24) is 9.62 Å². The summed E-state index contributed by atoms with van der Waals surface area (Å²) in [6, 6.07) is 20.8. The van der Waals surface area contributed by atoms with Crippen molar-refractivity contribution in [1.29, 1.82) is 5.26 Å². The third kappa shape index (κ3) is 6.13. The number of carbonyl (C=O) groups is 1. The largest absolute Gasteiger partial charge is 0.497 e. The minimum atomic E-state index is -3.97. The van der Waals surface area contributed by atoms with Crippen LogP contribution in [0.1, 0.15) is 11.1 Å². The van der Waals surface area contributed by atoms with Crippen molar-refractivity contribution in [3.63, 3.8) is 0 Å². The summed E-state index contributed by atoms with van der Waals surface area (Å²) in [5, 5.41) is 18.2. The van der Waals surface area contributed by atoms with Gasteiger partial charge < -0.3 is 14.7 Å². The molecule has 0 bridgehead atoms. The predicted molar refractivity (Wildman–Crippen MR) is 127 cm³/mol. The van der Waals surface area contributed by atoms with E-state index in [-0.39, 0.29) is 30.4 Å². The van der Waals surface area contributed by atoms with Crippen LogP contribution in [0.25, 0.3) is 11.1 Å². The Hall–Kier alpha value is -3.87. The fourth-order valence-corrected chi connectivity index (χ4v) is 4.51. The predicted octanol–water partition coefficient (Wildman–Crippen LogP) is 2.69. The topological polar surface area (TPSA) is 120 Å². The van der Waals surface area contributed by atoms with Gasteiger partial charge >= 0.3 is 0 Å². The number of amides is 1. The normalized spacial score (nSPS) is 10.9. The lowest BCUT2D eigenvalue weighted by atomic mass is 10.0. The average molecular weight is 480 g/mol. The number of nitrogens with one attached hydrogen (secondary N) is 1. The summed E-state index contributed by atoms with van der Waals surface area (Å²) < 4.78 is 31.8. The minimum Gasteiger partial charge on any atom is -0.497 e. The Morgan fingerprint density at radius 1 is 1.06 bits per heavy atom. The molecule has 0 unspecified atom stereocenters. The van der Waals surface area contributed by atoms with Gasteiger partial charge in [0.15, 0.2) is 6.19 Å². The van der Waals surface area contributed by atoms with Crippen molar-refractivity contribution in [2.75, 3.05) is 20.3 Å². The van der Waals surface area contributed by atoms with Crippen LogP contribution >= 0.6 is 0 Å². The molecule has 0 heterocycles. The van der Waals surface area contributed by atoms with E-state index < -0.39 is 10.0 Å². The molecule has 3 rings (SSSR count). The molecule has 0 atom stereocenters. The molecule has 0 saturated carbocycles. The van der Waals surface area contributed by atoms with E-state index in [0.29, 0.717) is 23.4 Å². The first-order valence-corrected chi connectivity index (χ1v) is 12.0. The molecule has 0 aromatic heterocycles. The molecule has 0 fully saturated rings. The fraction of sp³-hybridized carbons (Fsp3) is 0.200.